The minimum Gasteiger partial charge on any atom is -0.382 e. The maximum Gasteiger partial charge on any atom is 0.261 e. The fraction of sp³-hybridized carbons (Fsp3) is 0.556. The van der Waals surface area contributed by atoms with E-state index in [1.165, 1.54) is 0 Å². The van der Waals surface area contributed by atoms with E-state index in [9.17, 15) is 4.79 Å². The Labute approximate surface area is 142 Å². The van der Waals surface area contributed by atoms with E-state index in [1.807, 2.05) is 24.3 Å². The monoisotopic (exact) mass is 331 g/mol. The summed E-state index contributed by atoms with van der Waals surface area (Å²) in [6.07, 6.45) is 0.0243. The van der Waals surface area contributed by atoms with Crippen LogP contribution in [0.2, 0.25) is 0 Å². The van der Waals surface area contributed by atoms with Gasteiger partial charge in [-0.2, -0.15) is 0 Å². The van der Waals surface area contributed by atoms with E-state index in [1.54, 1.807) is 18.7 Å². The first kappa shape index (κ1) is 17.1. The molecule has 1 fully saturated rings. The second-order valence-electron chi connectivity index (χ2n) is 7.03. The molecule has 1 saturated heterocycles. The lowest BCUT2D eigenvalue weighted by Crippen LogP contribution is -2.53. The molecule has 1 aliphatic heterocycles. The Morgan fingerprint density at radius 2 is 2.12 bits per heavy atom. The standard InChI is InChI=1S/C18H25N3O3/c1-18(2)12-21(9-13(24-18)11-23-4)10-16-19-15-8-6-5-7-14(15)17(22)20(16)3/h5-8,13H,9-12H2,1-4H3/t13-/m0/s1. The number of hydrogen-bond donors (Lipinski definition) is 0. The van der Waals surface area contributed by atoms with Crippen LogP contribution in [0, 0.1) is 0 Å². The highest BCUT2D eigenvalue weighted by Gasteiger charge is 2.33. The van der Waals surface area contributed by atoms with Crippen LogP contribution < -0.4 is 5.56 Å². The van der Waals surface area contributed by atoms with Crippen LogP contribution in [0.3, 0.4) is 0 Å². The Balaban J connectivity index is 1.89. The van der Waals surface area contributed by atoms with Gasteiger partial charge < -0.3 is 9.47 Å². The summed E-state index contributed by atoms with van der Waals surface area (Å²) in [5.41, 5.74) is 0.491. The van der Waals surface area contributed by atoms with Gasteiger partial charge in [0, 0.05) is 27.2 Å². The van der Waals surface area contributed by atoms with Crippen LogP contribution in [0.1, 0.15) is 19.7 Å². The number of benzene rings is 1. The topological polar surface area (TPSA) is 56.6 Å². The zero-order valence-corrected chi connectivity index (χ0v) is 14.8. The lowest BCUT2D eigenvalue weighted by Gasteiger charge is -2.42. The predicted molar refractivity (Wildman–Crippen MR) is 93.1 cm³/mol. The highest BCUT2D eigenvalue weighted by molar-refractivity contribution is 5.77. The van der Waals surface area contributed by atoms with Crippen molar-refractivity contribution in [1.82, 2.24) is 14.5 Å². The number of hydrogen-bond acceptors (Lipinski definition) is 5. The number of rotatable bonds is 4. The Bertz CT molecular complexity index is 785. The average Bonchev–Trinajstić information content (AvgIpc) is 2.51. The number of fused-ring (bicyclic) bond motifs is 1. The van der Waals surface area contributed by atoms with Gasteiger partial charge in [0.05, 0.1) is 35.8 Å². The summed E-state index contributed by atoms with van der Waals surface area (Å²) >= 11 is 0. The van der Waals surface area contributed by atoms with Gasteiger partial charge in [0.1, 0.15) is 5.82 Å². The van der Waals surface area contributed by atoms with Crippen LogP contribution in [0.25, 0.3) is 10.9 Å². The van der Waals surface area contributed by atoms with Crippen molar-refractivity contribution < 1.29 is 9.47 Å². The number of ether oxygens (including phenoxy) is 2. The molecule has 6 nitrogen and oxygen atoms in total. The molecule has 1 aromatic carbocycles. The molecule has 6 heteroatoms. The minimum atomic E-state index is -0.253. The van der Waals surface area contributed by atoms with Crippen LogP contribution in [0.15, 0.2) is 29.1 Å². The number of methoxy groups -OCH3 is 1. The lowest BCUT2D eigenvalue weighted by atomic mass is 10.1. The smallest absolute Gasteiger partial charge is 0.261 e. The molecule has 0 unspecified atom stereocenters. The van der Waals surface area contributed by atoms with Crippen LogP contribution in [-0.2, 0) is 23.1 Å². The fourth-order valence-electron chi connectivity index (χ4n) is 3.42. The van der Waals surface area contributed by atoms with Gasteiger partial charge in [-0.05, 0) is 26.0 Å². The SMILES string of the molecule is COC[C@@H]1CN(Cc2nc3ccccc3c(=O)n2C)CC(C)(C)O1. The summed E-state index contributed by atoms with van der Waals surface area (Å²) < 4.78 is 13.0. The number of aromatic nitrogens is 2. The maximum atomic E-state index is 12.5. The van der Waals surface area contributed by atoms with E-state index in [-0.39, 0.29) is 17.3 Å². The predicted octanol–water partition coefficient (Wildman–Crippen LogP) is 1.56. The van der Waals surface area contributed by atoms with Crippen molar-refractivity contribution in [1.29, 1.82) is 0 Å². The summed E-state index contributed by atoms with van der Waals surface area (Å²) in [6, 6.07) is 7.48. The third-order valence-corrected chi connectivity index (χ3v) is 4.35. The average molecular weight is 331 g/mol. The van der Waals surface area contributed by atoms with Gasteiger partial charge in [0.25, 0.3) is 5.56 Å². The minimum absolute atomic E-state index is 0.00318. The molecule has 0 spiro atoms. The molecule has 24 heavy (non-hydrogen) atoms. The van der Waals surface area contributed by atoms with E-state index in [2.05, 4.69) is 18.7 Å². The van der Waals surface area contributed by atoms with Crippen molar-refractivity contribution in [3.8, 4) is 0 Å². The van der Waals surface area contributed by atoms with Crippen molar-refractivity contribution >= 4 is 10.9 Å². The molecule has 0 aliphatic carbocycles. The molecule has 3 rings (SSSR count). The van der Waals surface area contributed by atoms with E-state index < -0.39 is 0 Å². The summed E-state index contributed by atoms with van der Waals surface area (Å²) in [5, 5.41) is 0.656. The maximum absolute atomic E-state index is 12.5. The van der Waals surface area contributed by atoms with Crippen molar-refractivity contribution in [2.45, 2.75) is 32.1 Å². The quantitative estimate of drug-likeness (QED) is 0.851. The third-order valence-electron chi connectivity index (χ3n) is 4.35. The summed E-state index contributed by atoms with van der Waals surface area (Å²) in [5.74, 6) is 0.771. The molecule has 0 bridgehead atoms. The first-order valence-electron chi connectivity index (χ1n) is 8.23. The van der Waals surface area contributed by atoms with Gasteiger partial charge in [-0.15, -0.1) is 0 Å². The Morgan fingerprint density at radius 3 is 2.88 bits per heavy atom. The van der Waals surface area contributed by atoms with Crippen LogP contribution in [-0.4, -0.2) is 53.0 Å². The summed E-state index contributed by atoms with van der Waals surface area (Å²) in [4.78, 5) is 19.5. The molecule has 0 saturated carbocycles. The Morgan fingerprint density at radius 1 is 1.38 bits per heavy atom. The van der Waals surface area contributed by atoms with Crippen LogP contribution in [0.5, 0.6) is 0 Å². The lowest BCUT2D eigenvalue weighted by molar-refractivity contribution is -0.154. The second-order valence-corrected chi connectivity index (χ2v) is 7.03. The first-order chi connectivity index (χ1) is 11.4. The molecule has 1 atom stereocenters. The zero-order chi connectivity index (χ0) is 17.3. The van der Waals surface area contributed by atoms with Crippen molar-refractivity contribution in [2.24, 2.45) is 7.05 Å². The normalized spacial score (nSPS) is 21.2. The van der Waals surface area contributed by atoms with E-state index in [4.69, 9.17) is 14.5 Å². The second kappa shape index (κ2) is 6.63. The number of para-hydroxylation sites is 1. The summed E-state index contributed by atoms with van der Waals surface area (Å²) in [6.45, 7) is 6.88. The fourth-order valence-corrected chi connectivity index (χ4v) is 3.42. The van der Waals surface area contributed by atoms with Gasteiger partial charge in [0.15, 0.2) is 0 Å². The molecule has 0 radical (unpaired) electrons. The molecule has 2 aromatic rings. The van der Waals surface area contributed by atoms with Gasteiger partial charge in [-0.1, -0.05) is 12.1 Å². The Kier molecular flexibility index (Phi) is 4.71. The van der Waals surface area contributed by atoms with Crippen molar-refractivity contribution in [3.05, 3.63) is 40.4 Å². The highest BCUT2D eigenvalue weighted by atomic mass is 16.5. The van der Waals surface area contributed by atoms with E-state index >= 15 is 0 Å². The van der Waals surface area contributed by atoms with Crippen LogP contribution >= 0.6 is 0 Å². The van der Waals surface area contributed by atoms with Gasteiger partial charge in [-0.25, -0.2) is 4.98 Å². The molecular weight excluding hydrogens is 306 g/mol. The number of morpholine rings is 1. The van der Waals surface area contributed by atoms with E-state index in [0.717, 1.165) is 24.4 Å². The molecule has 130 valence electrons. The third kappa shape index (κ3) is 3.50. The molecule has 1 aromatic heterocycles. The summed E-state index contributed by atoms with van der Waals surface area (Å²) in [7, 11) is 3.47. The largest absolute Gasteiger partial charge is 0.382 e. The van der Waals surface area contributed by atoms with E-state index in [0.29, 0.717) is 18.5 Å². The van der Waals surface area contributed by atoms with Crippen molar-refractivity contribution in [3.63, 3.8) is 0 Å². The van der Waals surface area contributed by atoms with Gasteiger partial charge in [0.2, 0.25) is 0 Å². The first-order valence-corrected chi connectivity index (χ1v) is 8.23. The van der Waals surface area contributed by atoms with Crippen LogP contribution in [0.4, 0.5) is 0 Å². The zero-order valence-electron chi connectivity index (χ0n) is 14.8. The Hall–Kier alpha value is -1.76. The molecule has 2 heterocycles. The molecule has 0 amide bonds. The van der Waals surface area contributed by atoms with Gasteiger partial charge >= 0.3 is 0 Å². The molecular formula is C18H25N3O3. The molecule has 0 N–H and O–H groups in total. The van der Waals surface area contributed by atoms with Gasteiger partial charge in [-0.3, -0.25) is 14.3 Å². The highest BCUT2D eigenvalue weighted by Crippen LogP contribution is 2.22. The number of nitrogens with zero attached hydrogens (tertiary/aromatic N) is 3. The van der Waals surface area contributed by atoms with Crippen molar-refractivity contribution in [2.75, 3.05) is 26.8 Å². The molecule has 1 aliphatic rings.